The SMILES string of the molecule is [C-]#[N+]/C(C#N)=C1C=C(/C=C/c2ccc(N(C)c3ccccc3)cc2)OC(C)(C)C\1. The number of ether oxygens (including phenoxy) is 1. The fraction of sp³-hybridized carbons (Fsp3) is 0.200. The fourth-order valence-corrected chi connectivity index (χ4v) is 3.26. The predicted molar refractivity (Wildman–Crippen MR) is 117 cm³/mol. The van der Waals surface area contributed by atoms with Crippen molar-refractivity contribution in [1.82, 2.24) is 0 Å². The Morgan fingerprint density at radius 1 is 1.10 bits per heavy atom. The second-order valence-electron chi connectivity index (χ2n) is 7.50. The number of hydrogen-bond acceptors (Lipinski definition) is 3. The van der Waals surface area contributed by atoms with Gasteiger partial charge in [0.1, 0.15) is 11.4 Å². The minimum atomic E-state index is -0.460. The van der Waals surface area contributed by atoms with Crippen molar-refractivity contribution < 1.29 is 4.74 Å². The molecule has 0 N–H and O–H groups in total. The van der Waals surface area contributed by atoms with E-state index >= 15 is 0 Å². The van der Waals surface area contributed by atoms with E-state index in [9.17, 15) is 5.26 Å². The van der Waals surface area contributed by atoms with Crippen LogP contribution in [0.5, 0.6) is 0 Å². The molecule has 0 saturated carbocycles. The molecule has 144 valence electrons. The number of rotatable bonds is 4. The summed E-state index contributed by atoms with van der Waals surface area (Å²) in [5, 5.41) is 9.18. The molecule has 0 saturated heterocycles. The molecule has 1 heterocycles. The van der Waals surface area contributed by atoms with E-state index in [0.29, 0.717) is 12.2 Å². The van der Waals surface area contributed by atoms with E-state index in [0.717, 1.165) is 22.5 Å². The molecular formula is C25H23N3O. The molecule has 0 amide bonds. The lowest BCUT2D eigenvalue weighted by Gasteiger charge is -2.32. The van der Waals surface area contributed by atoms with Crippen molar-refractivity contribution in [1.29, 1.82) is 5.26 Å². The van der Waals surface area contributed by atoms with Gasteiger partial charge in [-0.3, -0.25) is 0 Å². The standard InChI is InChI=1S/C25H23N3O/c1-25(2)17-20(24(18-26)27-3)16-23(29-25)15-12-19-10-13-22(14-11-19)28(4)21-8-6-5-7-9-21/h5-16H,17H2,1-2,4H3/b15-12+,24-20+. The number of benzene rings is 2. The van der Waals surface area contributed by atoms with Crippen molar-refractivity contribution in [3.63, 3.8) is 0 Å². The monoisotopic (exact) mass is 381 g/mol. The topological polar surface area (TPSA) is 40.6 Å². The van der Waals surface area contributed by atoms with Gasteiger partial charge in [-0.15, -0.1) is 0 Å². The van der Waals surface area contributed by atoms with Crippen molar-refractivity contribution in [2.75, 3.05) is 11.9 Å². The molecule has 0 bridgehead atoms. The Labute approximate surface area is 172 Å². The molecule has 0 atom stereocenters. The molecule has 1 aliphatic heterocycles. The Bertz CT molecular complexity index is 1030. The Balaban J connectivity index is 1.80. The zero-order valence-electron chi connectivity index (χ0n) is 16.9. The van der Waals surface area contributed by atoms with E-state index in [2.05, 4.69) is 46.1 Å². The summed E-state index contributed by atoms with van der Waals surface area (Å²) >= 11 is 0. The van der Waals surface area contributed by atoms with Crippen LogP contribution in [0.1, 0.15) is 25.8 Å². The van der Waals surface area contributed by atoms with Crippen LogP contribution in [0.2, 0.25) is 0 Å². The molecule has 2 aromatic carbocycles. The molecule has 0 radical (unpaired) electrons. The summed E-state index contributed by atoms with van der Waals surface area (Å²) < 4.78 is 6.00. The van der Waals surface area contributed by atoms with E-state index in [1.165, 1.54) is 0 Å². The maximum absolute atomic E-state index is 9.18. The lowest BCUT2D eigenvalue weighted by atomic mass is 9.93. The highest BCUT2D eigenvalue weighted by Crippen LogP contribution is 2.33. The van der Waals surface area contributed by atoms with E-state index in [-0.39, 0.29) is 5.70 Å². The number of nitriles is 1. The van der Waals surface area contributed by atoms with Crippen LogP contribution in [0.15, 0.2) is 83.8 Å². The van der Waals surface area contributed by atoms with Crippen molar-refractivity contribution in [3.8, 4) is 6.07 Å². The first-order valence-corrected chi connectivity index (χ1v) is 9.40. The number of nitrogens with zero attached hydrogens (tertiary/aromatic N) is 3. The normalized spacial score (nSPS) is 16.9. The molecule has 2 aromatic rings. The van der Waals surface area contributed by atoms with Crippen LogP contribution in [0, 0.1) is 17.9 Å². The highest BCUT2D eigenvalue weighted by Gasteiger charge is 2.27. The number of para-hydroxylation sites is 1. The summed E-state index contributed by atoms with van der Waals surface area (Å²) in [6, 6.07) is 20.4. The molecule has 29 heavy (non-hydrogen) atoms. The van der Waals surface area contributed by atoms with Crippen LogP contribution < -0.4 is 4.90 Å². The van der Waals surface area contributed by atoms with Crippen molar-refractivity contribution >= 4 is 17.5 Å². The summed E-state index contributed by atoms with van der Waals surface area (Å²) in [6.07, 6.45) is 6.18. The first-order chi connectivity index (χ1) is 13.9. The Morgan fingerprint density at radius 3 is 2.38 bits per heavy atom. The largest absolute Gasteiger partial charge is 0.488 e. The van der Waals surface area contributed by atoms with E-state index in [1.807, 2.05) is 57.3 Å². The molecule has 4 nitrogen and oxygen atoms in total. The van der Waals surface area contributed by atoms with Crippen molar-refractivity contribution in [2.45, 2.75) is 25.9 Å². The third-order valence-electron chi connectivity index (χ3n) is 4.71. The van der Waals surface area contributed by atoms with Gasteiger partial charge in [0.25, 0.3) is 5.70 Å². The van der Waals surface area contributed by atoms with E-state index in [4.69, 9.17) is 11.3 Å². The Morgan fingerprint density at radius 2 is 1.76 bits per heavy atom. The molecule has 3 rings (SSSR count). The van der Waals surface area contributed by atoms with Crippen molar-refractivity contribution in [3.05, 3.63) is 101 Å². The fourth-order valence-electron chi connectivity index (χ4n) is 3.26. The van der Waals surface area contributed by atoms with Gasteiger partial charge < -0.3 is 9.64 Å². The quantitative estimate of drug-likeness (QED) is 0.464. The molecular weight excluding hydrogens is 358 g/mol. The van der Waals surface area contributed by atoms with Crippen LogP contribution in [-0.4, -0.2) is 12.6 Å². The predicted octanol–water partition coefficient (Wildman–Crippen LogP) is 6.25. The van der Waals surface area contributed by atoms with E-state index < -0.39 is 5.60 Å². The minimum absolute atomic E-state index is 0.126. The molecule has 1 aliphatic rings. The summed E-state index contributed by atoms with van der Waals surface area (Å²) in [4.78, 5) is 5.47. The molecule has 0 spiro atoms. The third kappa shape index (κ3) is 4.94. The zero-order valence-corrected chi connectivity index (χ0v) is 16.9. The third-order valence-corrected chi connectivity index (χ3v) is 4.71. The van der Waals surface area contributed by atoms with Gasteiger partial charge >= 0.3 is 0 Å². The average molecular weight is 381 g/mol. The van der Waals surface area contributed by atoms with Crippen LogP contribution in [0.4, 0.5) is 11.4 Å². The lowest BCUT2D eigenvalue weighted by molar-refractivity contribution is 0.0356. The molecule has 0 unspecified atom stereocenters. The van der Waals surface area contributed by atoms with Gasteiger partial charge in [-0.2, -0.15) is 0 Å². The summed E-state index contributed by atoms with van der Waals surface area (Å²) in [7, 11) is 2.04. The first-order valence-electron chi connectivity index (χ1n) is 9.40. The van der Waals surface area contributed by atoms with Crippen LogP contribution >= 0.6 is 0 Å². The van der Waals surface area contributed by atoms with Gasteiger partial charge in [-0.1, -0.05) is 36.4 Å². The zero-order chi connectivity index (χ0) is 20.9. The highest BCUT2D eigenvalue weighted by molar-refractivity contribution is 5.65. The summed E-state index contributed by atoms with van der Waals surface area (Å²) in [6.45, 7) is 11.1. The lowest BCUT2D eigenvalue weighted by Crippen LogP contribution is -2.27. The Kier molecular flexibility index (Phi) is 5.86. The van der Waals surface area contributed by atoms with Crippen LogP contribution in [-0.2, 0) is 4.74 Å². The van der Waals surface area contributed by atoms with Gasteiger partial charge in [-0.05, 0) is 61.4 Å². The molecule has 0 fully saturated rings. The average Bonchev–Trinajstić information content (AvgIpc) is 2.72. The van der Waals surface area contributed by atoms with Gasteiger partial charge in [0.05, 0.1) is 12.6 Å². The second-order valence-corrected chi connectivity index (χ2v) is 7.50. The number of allylic oxidation sites excluding steroid dienone is 3. The minimum Gasteiger partial charge on any atom is -0.488 e. The van der Waals surface area contributed by atoms with E-state index in [1.54, 1.807) is 6.08 Å². The summed E-state index contributed by atoms with van der Waals surface area (Å²) in [5.74, 6) is 0.651. The van der Waals surface area contributed by atoms with Crippen LogP contribution in [0.3, 0.4) is 0 Å². The first kappa shape index (κ1) is 20.0. The molecule has 0 aliphatic carbocycles. The highest BCUT2D eigenvalue weighted by atomic mass is 16.5. The molecule has 4 heteroatoms. The number of anilines is 2. The smallest absolute Gasteiger partial charge is 0.265 e. The number of hydrogen-bond donors (Lipinski definition) is 0. The van der Waals surface area contributed by atoms with Gasteiger partial charge in [0.15, 0.2) is 0 Å². The second kappa shape index (κ2) is 8.50. The van der Waals surface area contributed by atoms with Crippen LogP contribution in [0.25, 0.3) is 10.9 Å². The maximum Gasteiger partial charge on any atom is 0.265 e. The van der Waals surface area contributed by atoms with Gasteiger partial charge in [-0.25, -0.2) is 10.1 Å². The Hall–Kier alpha value is -3.76. The summed E-state index contributed by atoms with van der Waals surface area (Å²) in [5.41, 5.74) is 3.66. The van der Waals surface area contributed by atoms with Gasteiger partial charge in [0, 0.05) is 24.8 Å². The van der Waals surface area contributed by atoms with Crippen molar-refractivity contribution in [2.24, 2.45) is 0 Å². The van der Waals surface area contributed by atoms with Gasteiger partial charge in [0.2, 0.25) is 0 Å². The molecule has 0 aromatic heterocycles. The maximum atomic E-state index is 9.18.